The third-order valence-electron chi connectivity index (χ3n) is 0.998. The standard InChI is InChI=1S/C7H5ClOS/c8-6-1-3-7(4-2-6)10-5-9/h1-5H. The molecule has 1 aromatic carbocycles. The molecule has 1 rings (SSSR count). The van der Waals surface area contributed by atoms with Gasteiger partial charge >= 0.3 is 0 Å². The monoisotopic (exact) mass is 172 g/mol. The van der Waals surface area contributed by atoms with Crippen molar-refractivity contribution in [2.75, 3.05) is 0 Å². The zero-order chi connectivity index (χ0) is 7.40. The van der Waals surface area contributed by atoms with Gasteiger partial charge in [-0.15, -0.1) is 0 Å². The van der Waals surface area contributed by atoms with Crippen molar-refractivity contribution in [1.29, 1.82) is 0 Å². The number of benzene rings is 1. The second-order valence-corrected chi connectivity index (χ2v) is 3.00. The van der Waals surface area contributed by atoms with Crippen molar-refractivity contribution in [3.8, 4) is 0 Å². The van der Waals surface area contributed by atoms with Crippen molar-refractivity contribution in [2.24, 2.45) is 0 Å². The number of halogens is 1. The lowest BCUT2D eigenvalue weighted by molar-refractivity contribution is 0.570. The number of rotatable bonds is 2. The summed E-state index contributed by atoms with van der Waals surface area (Å²) in [5, 5.41) is 0.690. The Balaban J connectivity index is 2.78. The molecule has 10 heavy (non-hydrogen) atoms. The first-order chi connectivity index (χ1) is 4.83. The van der Waals surface area contributed by atoms with Crippen LogP contribution in [0.2, 0.25) is 5.02 Å². The highest BCUT2D eigenvalue weighted by Gasteiger charge is 1.90. The van der Waals surface area contributed by atoms with E-state index in [0.717, 1.165) is 22.3 Å². The lowest BCUT2D eigenvalue weighted by Crippen LogP contribution is -1.68. The predicted molar refractivity (Wildman–Crippen MR) is 44.1 cm³/mol. The Morgan fingerprint density at radius 3 is 2.40 bits per heavy atom. The second-order valence-electron chi connectivity index (χ2n) is 1.67. The van der Waals surface area contributed by atoms with Gasteiger partial charge in [0, 0.05) is 9.92 Å². The summed E-state index contributed by atoms with van der Waals surface area (Å²) >= 11 is 6.76. The van der Waals surface area contributed by atoms with E-state index < -0.39 is 0 Å². The molecule has 0 N–H and O–H groups in total. The minimum atomic E-state index is 0.690. The molecule has 0 radical (unpaired) electrons. The molecule has 0 aliphatic carbocycles. The molecule has 0 unspecified atom stereocenters. The Morgan fingerprint density at radius 1 is 1.30 bits per heavy atom. The van der Waals surface area contributed by atoms with Crippen LogP contribution in [0, 0.1) is 0 Å². The molecule has 3 heteroatoms. The highest BCUT2D eigenvalue weighted by atomic mass is 35.5. The van der Waals surface area contributed by atoms with E-state index in [4.69, 9.17) is 11.6 Å². The molecule has 0 spiro atoms. The van der Waals surface area contributed by atoms with Gasteiger partial charge in [0.15, 0.2) is 5.62 Å². The van der Waals surface area contributed by atoms with Crippen molar-refractivity contribution in [2.45, 2.75) is 4.90 Å². The minimum absolute atomic E-state index is 0.690. The fraction of sp³-hybridized carbons (Fsp3) is 0. The van der Waals surface area contributed by atoms with E-state index in [0.29, 0.717) is 5.02 Å². The summed E-state index contributed by atoms with van der Waals surface area (Å²) in [4.78, 5) is 10.9. The fourth-order valence-corrected chi connectivity index (χ4v) is 1.10. The van der Waals surface area contributed by atoms with E-state index in [1.165, 1.54) is 0 Å². The smallest absolute Gasteiger partial charge is 0.180 e. The van der Waals surface area contributed by atoms with Gasteiger partial charge in [-0.1, -0.05) is 23.4 Å². The van der Waals surface area contributed by atoms with Gasteiger partial charge < -0.3 is 0 Å². The highest BCUT2D eigenvalue weighted by Crippen LogP contribution is 2.17. The molecule has 0 atom stereocenters. The van der Waals surface area contributed by atoms with Crippen LogP contribution in [0.15, 0.2) is 29.2 Å². The molecule has 0 saturated carbocycles. The molecule has 0 fully saturated rings. The van der Waals surface area contributed by atoms with Gasteiger partial charge in [0.25, 0.3) is 0 Å². The summed E-state index contributed by atoms with van der Waals surface area (Å²) in [7, 11) is 0. The molecule has 1 aromatic rings. The van der Waals surface area contributed by atoms with E-state index in [-0.39, 0.29) is 0 Å². The number of hydrogen-bond donors (Lipinski definition) is 0. The maximum Gasteiger partial charge on any atom is 0.180 e. The van der Waals surface area contributed by atoms with Gasteiger partial charge in [-0.2, -0.15) is 0 Å². The molecular formula is C7H5ClOS. The predicted octanol–water partition coefficient (Wildman–Crippen LogP) is 2.62. The first kappa shape index (κ1) is 7.63. The Hall–Kier alpha value is -0.470. The van der Waals surface area contributed by atoms with Gasteiger partial charge in [-0.25, -0.2) is 0 Å². The van der Waals surface area contributed by atoms with Gasteiger partial charge in [0.05, 0.1) is 0 Å². The summed E-state index contributed by atoms with van der Waals surface area (Å²) in [6.07, 6.45) is 0. The van der Waals surface area contributed by atoms with Crippen LogP contribution in [0.25, 0.3) is 0 Å². The van der Waals surface area contributed by atoms with E-state index in [9.17, 15) is 4.79 Å². The van der Waals surface area contributed by atoms with Crippen molar-refractivity contribution in [3.05, 3.63) is 29.3 Å². The summed E-state index contributed by atoms with van der Waals surface area (Å²) < 4.78 is 0. The summed E-state index contributed by atoms with van der Waals surface area (Å²) in [6, 6.07) is 7.13. The van der Waals surface area contributed by atoms with Crippen LogP contribution in [0.4, 0.5) is 0 Å². The van der Waals surface area contributed by atoms with Crippen molar-refractivity contribution in [1.82, 2.24) is 0 Å². The lowest BCUT2D eigenvalue weighted by atomic mass is 10.4. The molecule has 52 valence electrons. The quantitative estimate of drug-likeness (QED) is 0.504. The molecule has 1 nitrogen and oxygen atoms in total. The van der Waals surface area contributed by atoms with E-state index in [1.807, 2.05) is 0 Å². The van der Waals surface area contributed by atoms with E-state index in [2.05, 4.69) is 0 Å². The molecule has 0 heterocycles. The molecule has 0 aliphatic heterocycles. The van der Waals surface area contributed by atoms with Crippen LogP contribution >= 0.6 is 23.4 Å². The molecular weight excluding hydrogens is 168 g/mol. The Kier molecular flexibility index (Phi) is 2.78. The Morgan fingerprint density at radius 2 is 1.90 bits per heavy atom. The van der Waals surface area contributed by atoms with E-state index in [1.54, 1.807) is 24.3 Å². The number of thioether (sulfide) groups is 1. The van der Waals surface area contributed by atoms with Crippen molar-refractivity contribution in [3.63, 3.8) is 0 Å². The topological polar surface area (TPSA) is 17.1 Å². The summed E-state index contributed by atoms with van der Waals surface area (Å²) in [6.45, 7) is 0. The zero-order valence-electron chi connectivity index (χ0n) is 5.08. The molecule has 0 aromatic heterocycles. The van der Waals surface area contributed by atoms with Crippen LogP contribution in [-0.4, -0.2) is 5.62 Å². The lowest BCUT2D eigenvalue weighted by Gasteiger charge is -1.91. The average molecular weight is 173 g/mol. The molecule has 0 amide bonds. The van der Waals surface area contributed by atoms with Crippen LogP contribution in [0.3, 0.4) is 0 Å². The summed E-state index contributed by atoms with van der Waals surface area (Å²) in [5.41, 5.74) is 0.795. The molecule has 0 aliphatic rings. The fourth-order valence-electron chi connectivity index (χ4n) is 0.569. The van der Waals surface area contributed by atoms with Crippen LogP contribution in [0.5, 0.6) is 0 Å². The Labute approximate surface area is 68.4 Å². The normalized spacial score (nSPS) is 9.30. The largest absolute Gasteiger partial charge is 0.291 e. The van der Waals surface area contributed by atoms with Crippen molar-refractivity contribution < 1.29 is 4.79 Å². The Bertz CT molecular complexity index is 220. The van der Waals surface area contributed by atoms with Crippen LogP contribution < -0.4 is 0 Å². The maximum absolute atomic E-state index is 9.99. The maximum atomic E-state index is 9.99. The van der Waals surface area contributed by atoms with Crippen LogP contribution in [0.1, 0.15) is 0 Å². The van der Waals surface area contributed by atoms with Gasteiger partial charge in [0.1, 0.15) is 0 Å². The first-order valence-electron chi connectivity index (χ1n) is 2.69. The van der Waals surface area contributed by atoms with Gasteiger partial charge in [0.2, 0.25) is 0 Å². The summed E-state index contributed by atoms with van der Waals surface area (Å²) in [5.74, 6) is 0. The average Bonchev–Trinajstić information content (AvgIpc) is 1.95. The number of carbonyl (C=O) groups excluding carboxylic acids is 1. The first-order valence-corrected chi connectivity index (χ1v) is 3.94. The van der Waals surface area contributed by atoms with E-state index >= 15 is 0 Å². The van der Waals surface area contributed by atoms with Gasteiger partial charge in [-0.05, 0) is 24.3 Å². The third kappa shape index (κ3) is 2.05. The molecule has 0 saturated heterocycles. The minimum Gasteiger partial charge on any atom is -0.291 e. The number of hydrogen-bond acceptors (Lipinski definition) is 2. The SMILES string of the molecule is O=CSc1ccc(Cl)cc1. The third-order valence-corrected chi connectivity index (χ3v) is 1.89. The highest BCUT2D eigenvalue weighted by molar-refractivity contribution is 8.11. The van der Waals surface area contributed by atoms with Crippen molar-refractivity contribution >= 4 is 29.0 Å². The van der Waals surface area contributed by atoms with Crippen LogP contribution in [-0.2, 0) is 4.79 Å². The zero-order valence-corrected chi connectivity index (χ0v) is 6.65. The second kappa shape index (κ2) is 3.64. The number of carbonyl (C=O) groups is 1. The van der Waals surface area contributed by atoms with Gasteiger partial charge in [-0.3, -0.25) is 4.79 Å². The molecule has 0 bridgehead atoms.